The zero-order chi connectivity index (χ0) is 17.4. The van der Waals surface area contributed by atoms with E-state index in [-0.39, 0.29) is 18.1 Å². The zero-order valence-corrected chi connectivity index (χ0v) is 14.2. The van der Waals surface area contributed by atoms with Crippen LogP contribution in [0.25, 0.3) is 10.2 Å². The van der Waals surface area contributed by atoms with Gasteiger partial charge in [0.05, 0.1) is 15.1 Å². The van der Waals surface area contributed by atoms with Crippen LogP contribution in [0.5, 0.6) is 0 Å². The summed E-state index contributed by atoms with van der Waals surface area (Å²) in [5.74, 6) is -0.241. The van der Waals surface area contributed by atoms with Gasteiger partial charge in [-0.3, -0.25) is 24.5 Å². The highest BCUT2D eigenvalue weighted by atomic mass is 32.1. The van der Waals surface area contributed by atoms with Gasteiger partial charge in [-0.1, -0.05) is 23.5 Å². The number of benzene rings is 1. The van der Waals surface area contributed by atoms with E-state index >= 15 is 0 Å². The molecule has 1 amide bonds. The molecular formula is C15H15N5O3S. The molecule has 0 N–H and O–H groups in total. The van der Waals surface area contributed by atoms with Crippen molar-refractivity contribution in [3.05, 3.63) is 45.8 Å². The van der Waals surface area contributed by atoms with E-state index in [1.165, 1.54) is 20.9 Å². The first-order valence-electron chi connectivity index (χ1n) is 7.19. The van der Waals surface area contributed by atoms with Gasteiger partial charge < -0.3 is 0 Å². The Balaban J connectivity index is 1.84. The molecule has 124 valence electrons. The molecule has 0 bridgehead atoms. The number of amides is 1. The van der Waals surface area contributed by atoms with Gasteiger partial charge in [0.25, 0.3) is 0 Å². The van der Waals surface area contributed by atoms with E-state index in [0.29, 0.717) is 16.5 Å². The summed E-state index contributed by atoms with van der Waals surface area (Å²) in [6.45, 7) is 3.07. The lowest BCUT2D eigenvalue weighted by atomic mass is 10.3. The number of likely N-dealkylation sites (N-methyl/N-ethyl adjacent to an activating group) is 1. The molecular weight excluding hydrogens is 330 g/mol. The monoisotopic (exact) mass is 345 g/mol. The Hall–Kier alpha value is -2.81. The second-order valence-electron chi connectivity index (χ2n) is 5.35. The molecule has 0 spiro atoms. The van der Waals surface area contributed by atoms with E-state index in [4.69, 9.17) is 0 Å². The number of anilines is 1. The summed E-state index contributed by atoms with van der Waals surface area (Å²) in [5, 5.41) is 15.7. The van der Waals surface area contributed by atoms with Gasteiger partial charge in [-0.2, -0.15) is 5.10 Å². The van der Waals surface area contributed by atoms with Gasteiger partial charge in [0.15, 0.2) is 5.13 Å². The van der Waals surface area contributed by atoms with Crippen LogP contribution in [0.4, 0.5) is 10.8 Å². The van der Waals surface area contributed by atoms with Crippen LogP contribution in [0.1, 0.15) is 11.4 Å². The van der Waals surface area contributed by atoms with Crippen molar-refractivity contribution in [1.82, 2.24) is 14.8 Å². The Morgan fingerprint density at radius 3 is 2.71 bits per heavy atom. The van der Waals surface area contributed by atoms with E-state index in [1.807, 2.05) is 24.3 Å². The van der Waals surface area contributed by atoms with Crippen LogP contribution in [0.15, 0.2) is 24.3 Å². The molecule has 0 aliphatic carbocycles. The molecule has 0 unspecified atom stereocenters. The number of nitrogens with zero attached hydrogens (tertiary/aromatic N) is 5. The third-order valence-electron chi connectivity index (χ3n) is 3.75. The molecule has 3 aromatic rings. The van der Waals surface area contributed by atoms with Crippen molar-refractivity contribution in [2.45, 2.75) is 20.4 Å². The first-order chi connectivity index (χ1) is 11.4. The Labute approximate surface area is 141 Å². The van der Waals surface area contributed by atoms with Crippen molar-refractivity contribution >= 4 is 38.3 Å². The number of fused-ring (bicyclic) bond motifs is 1. The topological polar surface area (TPSA) is 94.2 Å². The molecule has 0 aliphatic heterocycles. The van der Waals surface area contributed by atoms with E-state index in [0.717, 1.165) is 10.2 Å². The van der Waals surface area contributed by atoms with Crippen LogP contribution in [-0.2, 0) is 11.3 Å². The quantitative estimate of drug-likeness (QED) is 0.535. The Morgan fingerprint density at radius 1 is 1.38 bits per heavy atom. The van der Waals surface area contributed by atoms with Gasteiger partial charge >= 0.3 is 5.69 Å². The normalized spacial score (nSPS) is 11.0. The molecule has 1 aromatic carbocycles. The van der Waals surface area contributed by atoms with Gasteiger partial charge in [-0.15, -0.1) is 0 Å². The Morgan fingerprint density at radius 2 is 2.08 bits per heavy atom. The average molecular weight is 345 g/mol. The number of aryl methyl sites for hydroxylation is 1. The smallest absolute Gasteiger partial charge is 0.290 e. The van der Waals surface area contributed by atoms with Gasteiger partial charge in [-0.05, 0) is 26.0 Å². The fraction of sp³-hybridized carbons (Fsp3) is 0.267. The number of carbonyl (C=O) groups excluding carboxylic acids is 1. The molecule has 0 fully saturated rings. The third-order valence-corrected chi connectivity index (χ3v) is 4.87. The van der Waals surface area contributed by atoms with Crippen molar-refractivity contribution in [2.75, 3.05) is 11.9 Å². The molecule has 24 heavy (non-hydrogen) atoms. The van der Waals surface area contributed by atoms with Crippen LogP contribution in [0.3, 0.4) is 0 Å². The summed E-state index contributed by atoms with van der Waals surface area (Å²) in [7, 11) is 1.64. The summed E-state index contributed by atoms with van der Waals surface area (Å²) < 4.78 is 2.36. The van der Waals surface area contributed by atoms with Gasteiger partial charge in [0.2, 0.25) is 5.91 Å². The summed E-state index contributed by atoms with van der Waals surface area (Å²) in [5.41, 5.74) is 1.45. The standard InChI is InChI=1S/C15H15N5O3S/c1-9-14(20(22)23)10(2)19(17-9)8-13(21)18(3)15-16-11-6-4-5-7-12(11)24-15/h4-7H,8H2,1-3H3. The number of rotatable bonds is 4. The van der Waals surface area contributed by atoms with Crippen molar-refractivity contribution in [2.24, 2.45) is 0 Å². The zero-order valence-electron chi connectivity index (χ0n) is 13.4. The second kappa shape index (κ2) is 6.00. The number of nitro groups is 1. The van der Waals surface area contributed by atoms with Crippen LogP contribution in [0, 0.1) is 24.0 Å². The summed E-state index contributed by atoms with van der Waals surface area (Å²) in [6.07, 6.45) is 0. The van der Waals surface area contributed by atoms with Crippen molar-refractivity contribution in [3.8, 4) is 0 Å². The molecule has 0 aliphatic rings. The van der Waals surface area contributed by atoms with Crippen molar-refractivity contribution in [3.63, 3.8) is 0 Å². The first kappa shape index (κ1) is 16.1. The minimum Gasteiger partial charge on any atom is -0.290 e. The maximum Gasteiger partial charge on any atom is 0.312 e. The van der Waals surface area contributed by atoms with E-state index < -0.39 is 4.92 Å². The lowest BCUT2D eigenvalue weighted by molar-refractivity contribution is -0.386. The molecule has 3 rings (SSSR count). The van der Waals surface area contributed by atoms with Crippen LogP contribution >= 0.6 is 11.3 Å². The summed E-state index contributed by atoms with van der Waals surface area (Å²) >= 11 is 1.42. The summed E-state index contributed by atoms with van der Waals surface area (Å²) in [4.78, 5) is 28.9. The van der Waals surface area contributed by atoms with Gasteiger partial charge in [0, 0.05) is 7.05 Å². The fourth-order valence-electron chi connectivity index (χ4n) is 2.45. The largest absolute Gasteiger partial charge is 0.312 e. The molecule has 0 radical (unpaired) electrons. The predicted molar refractivity (Wildman–Crippen MR) is 91.4 cm³/mol. The van der Waals surface area contributed by atoms with Gasteiger partial charge in [0.1, 0.15) is 17.9 Å². The fourth-order valence-corrected chi connectivity index (χ4v) is 3.39. The highest BCUT2D eigenvalue weighted by Crippen LogP contribution is 2.28. The molecule has 2 heterocycles. The predicted octanol–water partition coefficient (Wildman–Crippen LogP) is 2.68. The van der Waals surface area contributed by atoms with Crippen LogP contribution in [0.2, 0.25) is 0 Å². The number of hydrogen-bond donors (Lipinski definition) is 0. The van der Waals surface area contributed by atoms with E-state index in [9.17, 15) is 14.9 Å². The van der Waals surface area contributed by atoms with Gasteiger partial charge in [-0.25, -0.2) is 4.98 Å². The SMILES string of the molecule is Cc1nn(CC(=O)N(C)c2nc3ccccc3s2)c(C)c1[N+](=O)[O-]. The first-order valence-corrected chi connectivity index (χ1v) is 8.00. The Bertz CT molecular complexity index is 913. The molecule has 8 nitrogen and oxygen atoms in total. The molecule has 9 heteroatoms. The number of para-hydroxylation sites is 1. The number of aromatic nitrogens is 3. The van der Waals surface area contributed by atoms with E-state index in [2.05, 4.69) is 10.1 Å². The number of carbonyl (C=O) groups is 1. The number of thiazole rings is 1. The molecule has 0 saturated carbocycles. The van der Waals surface area contributed by atoms with E-state index in [1.54, 1.807) is 20.9 Å². The molecule has 2 aromatic heterocycles. The lowest BCUT2D eigenvalue weighted by Gasteiger charge is -2.13. The maximum atomic E-state index is 12.5. The minimum absolute atomic E-state index is 0.0505. The van der Waals surface area contributed by atoms with Crippen molar-refractivity contribution in [1.29, 1.82) is 0 Å². The highest BCUT2D eigenvalue weighted by molar-refractivity contribution is 7.22. The number of hydrogen-bond acceptors (Lipinski definition) is 6. The van der Waals surface area contributed by atoms with Crippen LogP contribution < -0.4 is 4.90 Å². The second-order valence-corrected chi connectivity index (χ2v) is 6.36. The van der Waals surface area contributed by atoms with Crippen LogP contribution in [-0.4, -0.2) is 32.6 Å². The third kappa shape index (κ3) is 2.73. The molecule has 0 saturated heterocycles. The summed E-state index contributed by atoms with van der Waals surface area (Å²) in [6, 6.07) is 7.64. The van der Waals surface area contributed by atoms with Crippen molar-refractivity contribution < 1.29 is 9.72 Å². The average Bonchev–Trinajstić information content (AvgIpc) is 3.07. The maximum absolute atomic E-state index is 12.5. The lowest BCUT2D eigenvalue weighted by Crippen LogP contribution is -2.30. The highest BCUT2D eigenvalue weighted by Gasteiger charge is 2.24. The minimum atomic E-state index is -0.476. The Kier molecular flexibility index (Phi) is 4.02. The molecule has 0 atom stereocenters.